The second kappa shape index (κ2) is 7.26. The van der Waals surface area contributed by atoms with E-state index in [1.165, 1.54) is 11.5 Å². The zero-order valence-corrected chi connectivity index (χ0v) is 11.1. The fourth-order valence-corrected chi connectivity index (χ4v) is 2.37. The van der Waals surface area contributed by atoms with Crippen molar-refractivity contribution in [3.63, 3.8) is 0 Å². The molecule has 0 aliphatic carbocycles. The molecule has 0 saturated heterocycles. The van der Waals surface area contributed by atoms with Crippen LogP contribution < -0.4 is 5.32 Å². The van der Waals surface area contributed by atoms with Crippen LogP contribution in [0.25, 0.3) is 0 Å². The van der Waals surface area contributed by atoms with Crippen LogP contribution in [0.4, 0.5) is 5.69 Å². The molecule has 0 unspecified atom stereocenters. The van der Waals surface area contributed by atoms with Crippen LogP contribution in [-0.2, 0) is 0 Å². The van der Waals surface area contributed by atoms with E-state index in [0.717, 1.165) is 18.7 Å². The minimum Gasteiger partial charge on any atom is -0.385 e. The Bertz CT molecular complexity index is 284. The number of hydrogen-bond acceptors (Lipinski definition) is 2. The summed E-state index contributed by atoms with van der Waals surface area (Å²) in [6, 6.07) is 5.52. The molecule has 0 heterocycles. The maximum atomic E-state index is 5.88. The van der Waals surface area contributed by atoms with Crippen molar-refractivity contribution in [2.45, 2.75) is 13.3 Å². The van der Waals surface area contributed by atoms with E-state index in [-0.39, 0.29) is 0 Å². The van der Waals surface area contributed by atoms with Crippen molar-refractivity contribution in [2.24, 2.45) is 0 Å². The van der Waals surface area contributed by atoms with Gasteiger partial charge in [0.2, 0.25) is 0 Å². The third kappa shape index (κ3) is 5.55. The predicted octanol–water partition coefficient (Wildman–Crippen LogP) is 4.55. The van der Waals surface area contributed by atoms with Gasteiger partial charge in [-0.15, -0.1) is 0 Å². The first kappa shape index (κ1) is 13.0. The third-order valence-corrected chi connectivity index (χ3v) is 3.28. The molecule has 1 aromatic rings. The molecule has 1 rings (SSSR count). The number of halogens is 2. The van der Waals surface area contributed by atoms with Gasteiger partial charge in [-0.25, -0.2) is 0 Å². The van der Waals surface area contributed by atoms with Gasteiger partial charge < -0.3 is 5.32 Å². The van der Waals surface area contributed by atoms with Crippen molar-refractivity contribution >= 4 is 40.7 Å². The first-order chi connectivity index (χ1) is 7.22. The molecule has 0 aliphatic rings. The Morgan fingerprint density at radius 2 is 1.87 bits per heavy atom. The average molecular weight is 264 g/mol. The summed E-state index contributed by atoms with van der Waals surface area (Å²) in [5, 5.41) is 4.65. The van der Waals surface area contributed by atoms with Gasteiger partial charge in [0, 0.05) is 22.3 Å². The lowest BCUT2D eigenvalue weighted by molar-refractivity contribution is 0.992. The van der Waals surface area contributed by atoms with Crippen LogP contribution in [0.2, 0.25) is 10.0 Å². The molecular weight excluding hydrogens is 249 g/mol. The highest BCUT2D eigenvalue weighted by atomic mass is 35.5. The molecule has 0 aliphatic heterocycles. The number of nitrogens with one attached hydrogen (secondary N) is 1. The van der Waals surface area contributed by atoms with Crippen LogP contribution in [0.1, 0.15) is 13.3 Å². The SMILES string of the molecule is CCSCCCNc1cc(Cl)cc(Cl)c1. The summed E-state index contributed by atoms with van der Waals surface area (Å²) in [4.78, 5) is 0. The van der Waals surface area contributed by atoms with Gasteiger partial charge in [-0.1, -0.05) is 30.1 Å². The van der Waals surface area contributed by atoms with Gasteiger partial charge in [-0.05, 0) is 36.1 Å². The summed E-state index contributed by atoms with van der Waals surface area (Å²) in [5.41, 5.74) is 0.994. The lowest BCUT2D eigenvalue weighted by atomic mass is 10.3. The topological polar surface area (TPSA) is 12.0 Å². The van der Waals surface area contributed by atoms with Gasteiger partial charge in [0.05, 0.1) is 0 Å². The predicted molar refractivity (Wildman–Crippen MR) is 72.6 cm³/mol. The number of rotatable bonds is 6. The van der Waals surface area contributed by atoms with E-state index in [9.17, 15) is 0 Å². The molecule has 0 amide bonds. The van der Waals surface area contributed by atoms with E-state index in [2.05, 4.69) is 12.2 Å². The number of hydrogen-bond donors (Lipinski definition) is 1. The van der Waals surface area contributed by atoms with E-state index in [1.807, 2.05) is 23.9 Å². The second-order valence-electron chi connectivity index (χ2n) is 3.14. The minimum absolute atomic E-state index is 0.674. The van der Waals surface area contributed by atoms with E-state index in [4.69, 9.17) is 23.2 Å². The van der Waals surface area contributed by atoms with Crippen molar-refractivity contribution < 1.29 is 0 Å². The normalized spacial score (nSPS) is 10.3. The van der Waals surface area contributed by atoms with E-state index >= 15 is 0 Å². The number of benzene rings is 1. The minimum atomic E-state index is 0.674. The molecule has 1 N–H and O–H groups in total. The van der Waals surface area contributed by atoms with Gasteiger partial charge in [0.1, 0.15) is 0 Å². The molecule has 15 heavy (non-hydrogen) atoms. The molecule has 0 aromatic heterocycles. The first-order valence-corrected chi connectivity index (χ1v) is 6.91. The molecular formula is C11H15Cl2NS. The van der Waals surface area contributed by atoms with E-state index < -0.39 is 0 Å². The van der Waals surface area contributed by atoms with Gasteiger partial charge in [-0.3, -0.25) is 0 Å². The summed E-state index contributed by atoms with van der Waals surface area (Å²) in [6.07, 6.45) is 1.16. The fraction of sp³-hybridized carbons (Fsp3) is 0.455. The Labute approximate surface area is 106 Å². The smallest absolute Gasteiger partial charge is 0.0441 e. The molecule has 0 saturated carbocycles. The van der Waals surface area contributed by atoms with Gasteiger partial charge in [-0.2, -0.15) is 11.8 Å². The summed E-state index contributed by atoms with van der Waals surface area (Å²) in [5.74, 6) is 2.38. The Balaban J connectivity index is 2.31. The summed E-state index contributed by atoms with van der Waals surface area (Å²) in [6.45, 7) is 3.14. The number of anilines is 1. The lowest BCUT2D eigenvalue weighted by Gasteiger charge is -2.06. The lowest BCUT2D eigenvalue weighted by Crippen LogP contribution is -2.02. The molecule has 0 bridgehead atoms. The summed E-state index contributed by atoms with van der Waals surface area (Å²) < 4.78 is 0. The summed E-state index contributed by atoms with van der Waals surface area (Å²) >= 11 is 13.7. The maximum Gasteiger partial charge on any atom is 0.0441 e. The van der Waals surface area contributed by atoms with E-state index in [0.29, 0.717) is 10.0 Å². The molecule has 1 aromatic carbocycles. The van der Waals surface area contributed by atoms with Crippen LogP contribution in [0, 0.1) is 0 Å². The Morgan fingerprint density at radius 3 is 2.47 bits per heavy atom. The summed E-state index contributed by atoms with van der Waals surface area (Å²) in [7, 11) is 0. The van der Waals surface area contributed by atoms with E-state index in [1.54, 1.807) is 6.07 Å². The quantitative estimate of drug-likeness (QED) is 0.756. The molecule has 1 nitrogen and oxygen atoms in total. The Kier molecular flexibility index (Phi) is 6.30. The second-order valence-corrected chi connectivity index (χ2v) is 5.40. The Morgan fingerprint density at radius 1 is 1.20 bits per heavy atom. The van der Waals surface area contributed by atoms with Crippen LogP contribution in [-0.4, -0.2) is 18.1 Å². The van der Waals surface area contributed by atoms with Crippen LogP contribution in [0.5, 0.6) is 0 Å². The van der Waals surface area contributed by atoms with Crippen molar-refractivity contribution in [3.8, 4) is 0 Å². The molecule has 0 atom stereocenters. The highest BCUT2D eigenvalue weighted by Crippen LogP contribution is 2.22. The largest absolute Gasteiger partial charge is 0.385 e. The maximum absolute atomic E-state index is 5.88. The number of thioether (sulfide) groups is 1. The van der Waals surface area contributed by atoms with Crippen LogP contribution in [0.15, 0.2) is 18.2 Å². The van der Waals surface area contributed by atoms with Crippen LogP contribution >= 0.6 is 35.0 Å². The zero-order chi connectivity index (χ0) is 11.1. The Hall–Kier alpha value is -0.0500. The molecule has 0 fully saturated rings. The highest BCUT2D eigenvalue weighted by molar-refractivity contribution is 7.99. The highest BCUT2D eigenvalue weighted by Gasteiger charge is 1.97. The van der Waals surface area contributed by atoms with Crippen molar-refractivity contribution in [1.82, 2.24) is 0 Å². The fourth-order valence-electron chi connectivity index (χ4n) is 1.21. The van der Waals surface area contributed by atoms with Gasteiger partial charge in [0.15, 0.2) is 0 Å². The standard InChI is InChI=1S/C11H15Cl2NS/c1-2-15-5-3-4-14-11-7-9(12)6-10(13)8-11/h6-8,14H,2-5H2,1H3. The van der Waals surface area contributed by atoms with Crippen molar-refractivity contribution in [2.75, 3.05) is 23.4 Å². The van der Waals surface area contributed by atoms with Crippen molar-refractivity contribution in [3.05, 3.63) is 28.2 Å². The van der Waals surface area contributed by atoms with Crippen LogP contribution in [0.3, 0.4) is 0 Å². The zero-order valence-electron chi connectivity index (χ0n) is 8.72. The third-order valence-electron chi connectivity index (χ3n) is 1.86. The average Bonchev–Trinajstić information content (AvgIpc) is 2.16. The molecule has 4 heteroatoms. The van der Waals surface area contributed by atoms with Crippen molar-refractivity contribution in [1.29, 1.82) is 0 Å². The molecule has 0 spiro atoms. The van der Waals surface area contributed by atoms with Gasteiger partial charge in [0.25, 0.3) is 0 Å². The monoisotopic (exact) mass is 263 g/mol. The first-order valence-electron chi connectivity index (χ1n) is 5.00. The van der Waals surface area contributed by atoms with Gasteiger partial charge >= 0.3 is 0 Å². The molecule has 84 valence electrons. The molecule has 0 radical (unpaired) electrons.